The lowest BCUT2D eigenvalue weighted by atomic mass is 10.2. The highest BCUT2D eigenvalue weighted by Crippen LogP contribution is 2.38. The largest absolute Gasteiger partial charge is 0.547 e. The number of hydrogen-bond donors (Lipinski definition) is 0. The second-order valence-corrected chi connectivity index (χ2v) is 9.70. The zero-order valence-electron chi connectivity index (χ0n) is 10.2. The van der Waals surface area contributed by atoms with Crippen molar-refractivity contribution in [1.29, 1.82) is 0 Å². The molecule has 0 aromatic rings. The maximum Gasteiger partial charge on any atom is 0.250 e. The summed E-state index contributed by atoms with van der Waals surface area (Å²) in [7, 11) is -1.58. The Morgan fingerprint density at radius 1 is 1.31 bits per heavy atom. The van der Waals surface area contributed by atoms with Crippen molar-refractivity contribution in [3.63, 3.8) is 0 Å². The molecule has 0 aliphatic rings. The van der Waals surface area contributed by atoms with Gasteiger partial charge in [-0.2, -0.15) is 0 Å². The molecule has 0 aliphatic carbocycles. The molecule has 0 rings (SSSR count). The van der Waals surface area contributed by atoms with E-state index in [4.69, 9.17) is 4.43 Å². The molecule has 0 radical (unpaired) electrons. The fourth-order valence-corrected chi connectivity index (χ4v) is 2.04. The number of rotatable bonds is 3. The van der Waals surface area contributed by atoms with Gasteiger partial charge >= 0.3 is 0 Å². The molecule has 1 nitrogen and oxygen atoms in total. The predicted octanol–water partition coefficient (Wildman–Crippen LogP) is 4.32. The van der Waals surface area contributed by atoms with Crippen molar-refractivity contribution in [2.45, 2.75) is 59.2 Å². The third-order valence-electron chi connectivity index (χ3n) is 2.86. The van der Waals surface area contributed by atoms with Gasteiger partial charge in [0.2, 0.25) is 8.32 Å². The van der Waals surface area contributed by atoms with Crippen molar-refractivity contribution >= 4 is 8.32 Å². The number of hydrogen-bond acceptors (Lipinski definition) is 1. The van der Waals surface area contributed by atoms with Crippen molar-refractivity contribution in [1.82, 2.24) is 0 Å². The van der Waals surface area contributed by atoms with Crippen LogP contribution in [0.1, 0.15) is 41.0 Å². The Bertz CT molecular complexity index is 187. The molecule has 13 heavy (non-hydrogen) atoms. The van der Waals surface area contributed by atoms with Crippen molar-refractivity contribution in [3.05, 3.63) is 11.8 Å². The van der Waals surface area contributed by atoms with Gasteiger partial charge in [0.05, 0.1) is 5.76 Å². The maximum atomic E-state index is 6.10. The van der Waals surface area contributed by atoms with E-state index in [2.05, 4.69) is 46.9 Å². The molecule has 2 heteroatoms. The number of allylic oxidation sites excluding steroid dienone is 2. The standard InChI is InChI=1S/C11H24OSi/c1-8-10(9-2)12-13(6,7)11(3,4)5/h8H,9H2,1-7H3. The molecule has 0 aromatic heterocycles. The minimum atomic E-state index is -1.58. The van der Waals surface area contributed by atoms with Crippen LogP contribution >= 0.6 is 0 Å². The lowest BCUT2D eigenvalue weighted by Gasteiger charge is -2.37. The Labute approximate surface area is 84.3 Å². The topological polar surface area (TPSA) is 9.23 Å². The molecule has 0 aliphatic heterocycles. The average molecular weight is 200 g/mol. The summed E-state index contributed by atoms with van der Waals surface area (Å²) in [4.78, 5) is 0. The van der Waals surface area contributed by atoms with Gasteiger partial charge < -0.3 is 4.43 Å². The molecule has 0 bridgehead atoms. The summed E-state index contributed by atoms with van der Waals surface area (Å²) in [6.07, 6.45) is 3.09. The second-order valence-electron chi connectivity index (χ2n) is 4.97. The van der Waals surface area contributed by atoms with E-state index in [9.17, 15) is 0 Å². The highest BCUT2D eigenvalue weighted by atomic mass is 28.4. The van der Waals surface area contributed by atoms with Crippen LogP contribution in [0.4, 0.5) is 0 Å². The smallest absolute Gasteiger partial charge is 0.250 e. The molecule has 0 amide bonds. The molecule has 0 atom stereocenters. The highest BCUT2D eigenvalue weighted by molar-refractivity contribution is 6.74. The zero-order valence-corrected chi connectivity index (χ0v) is 11.2. The Balaban J connectivity index is 4.51. The van der Waals surface area contributed by atoms with Crippen LogP contribution in [0.15, 0.2) is 11.8 Å². The summed E-state index contributed by atoms with van der Waals surface area (Å²) in [5.74, 6) is 1.14. The summed E-state index contributed by atoms with van der Waals surface area (Å²) in [6, 6.07) is 0. The van der Waals surface area contributed by atoms with E-state index in [1.807, 2.05) is 6.92 Å². The van der Waals surface area contributed by atoms with Crippen molar-refractivity contribution in [2.24, 2.45) is 0 Å². The van der Waals surface area contributed by atoms with Crippen LogP contribution in [0, 0.1) is 0 Å². The third-order valence-corrected chi connectivity index (χ3v) is 7.25. The first-order chi connectivity index (χ1) is 5.74. The normalized spacial score (nSPS) is 14.5. The molecular formula is C11H24OSi. The van der Waals surface area contributed by atoms with E-state index in [0.717, 1.165) is 12.2 Å². The Morgan fingerprint density at radius 2 is 1.77 bits per heavy atom. The van der Waals surface area contributed by atoms with Crippen LogP contribution in [0.25, 0.3) is 0 Å². The maximum absolute atomic E-state index is 6.10. The fourth-order valence-electron chi connectivity index (χ4n) is 0.816. The summed E-state index contributed by atoms with van der Waals surface area (Å²) in [6.45, 7) is 15.6. The van der Waals surface area contributed by atoms with Gasteiger partial charge in [0.1, 0.15) is 0 Å². The average Bonchev–Trinajstić information content (AvgIpc) is 1.98. The lowest BCUT2D eigenvalue weighted by Crippen LogP contribution is -2.40. The van der Waals surface area contributed by atoms with E-state index in [-0.39, 0.29) is 0 Å². The molecule has 0 heterocycles. The molecule has 78 valence electrons. The molecule has 0 unspecified atom stereocenters. The quantitative estimate of drug-likeness (QED) is 0.487. The zero-order chi connectivity index (χ0) is 10.7. The summed E-state index contributed by atoms with van der Waals surface area (Å²) in [5.41, 5.74) is 0. The SMILES string of the molecule is CC=C(CC)O[Si](C)(C)C(C)(C)C. The van der Waals surface area contributed by atoms with E-state index >= 15 is 0 Å². The fraction of sp³-hybridized carbons (Fsp3) is 0.818. The van der Waals surface area contributed by atoms with Crippen LogP contribution in [0.5, 0.6) is 0 Å². The highest BCUT2D eigenvalue weighted by Gasteiger charge is 2.38. The van der Waals surface area contributed by atoms with Gasteiger partial charge in [0.15, 0.2) is 0 Å². The van der Waals surface area contributed by atoms with Crippen LogP contribution < -0.4 is 0 Å². The minimum absolute atomic E-state index is 0.302. The van der Waals surface area contributed by atoms with Crippen LogP contribution in [0.2, 0.25) is 18.1 Å². The molecule has 0 fully saturated rings. The van der Waals surface area contributed by atoms with E-state index < -0.39 is 8.32 Å². The van der Waals surface area contributed by atoms with E-state index in [1.165, 1.54) is 0 Å². The van der Waals surface area contributed by atoms with E-state index in [0.29, 0.717) is 5.04 Å². The van der Waals surface area contributed by atoms with Gasteiger partial charge in [-0.25, -0.2) is 0 Å². The molecule has 0 saturated heterocycles. The second kappa shape index (κ2) is 4.31. The first-order valence-electron chi connectivity index (χ1n) is 5.08. The van der Waals surface area contributed by atoms with E-state index in [1.54, 1.807) is 0 Å². The Hall–Kier alpha value is -0.243. The first kappa shape index (κ1) is 12.8. The van der Waals surface area contributed by atoms with Crippen LogP contribution in [-0.4, -0.2) is 8.32 Å². The summed E-state index contributed by atoms with van der Waals surface area (Å²) < 4.78 is 6.10. The van der Waals surface area contributed by atoms with Gasteiger partial charge in [-0.15, -0.1) is 0 Å². The van der Waals surface area contributed by atoms with Crippen LogP contribution in [0.3, 0.4) is 0 Å². The van der Waals surface area contributed by atoms with Gasteiger partial charge in [0.25, 0.3) is 0 Å². The molecule has 0 aromatic carbocycles. The molecule has 0 N–H and O–H groups in total. The Morgan fingerprint density at radius 3 is 2.00 bits per heavy atom. The molecular weight excluding hydrogens is 176 g/mol. The van der Waals surface area contributed by atoms with Crippen molar-refractivity contribution < 1.29 is 4.43 Å². The molecule has 0 spiro atoms. The monoisotopic (exact) mass is 200 g/mol. The lowest BCUT2D eigenvalue weighted by molar-refractivity contribution is 0.370. The van der Waals surface area contributed by atoms with Crippen LogP contribution in [-0.2, 0) is 4.43 Å². The van der Waals surface area contributed by atoms with Gasteiger partial charge in [-0.1, -0.05) is 33.8 Å². The summed E-state index contributed by atoms with van der Waals surface area (Å²) in [5, 5.41) is 0.302. The summed E-state index contributed by atoms with van der Waals surface area (Å²) >= 11 is 0. The minimum Gasteiger partial charge on any atom is -0.547 e. The van der Waals surface area contributed by atoms with Gasteiger partial charge in [-0.05, 0) is 25.1 Å². The first-order valence-corrected chi connectivity index (χ1v) is 7.99. The molecule has 0 saturated carbocycles. The third kappa shape index (κ3) is 3.55. The predicted molar refractivity (Wildman–Crippen MR) is 62.3 cm³/mol. The Kier molecular flexibility index (Phi) is 4.23. The van der Waals surface area contributed by atoms with Crippen molar-refractivity contribution in [2.75, 3.05) is 0 Å². The van der Waals surface area contributed by atoms with Crippen molar-refractivity contribution in [3.8, 4) is 0 Å². The van der Waals surface area contributed by atoms with Gasteiger partial charge in [0, 0.05) is 6.42 Å². The van der Waals surface area contributed by atoms with Gasteiger partial charge in [-0.3, -0.25) is 0 Å².